The number of nitrogens with two attached hydrogens (primary N) is 1. The van der Waals surface area contributed by atoms with Crippen molar-refractivity contribution in [1.29, 1.82) is 0 Å². The molecule has 1 nitrogen and oxygen atoms in total. The van der Waals surface area contributed by atoms with Crippen molar-refractivity contribution < 1.29 is 27.7 Å². The zero-order chi connectivity index (χ0) is 5.98. The van der Waals surface area contributed by atoms with Crippen LogP contribution in [0.1, 0.15) is 5.56 Å². The van der Waals surface area contributed by atoms with Crippen molar-refractivity contribution in [2.75, 3.05) is 5.73 Å². The molecule has 0 atom stereocenters. The van der Waals surface area contributed by atoms with Crippen LogP contribution in [0.25, 0.3) is 0 Å². The van der Waals surface area contributed by atoms with E-state index in [9.17, 15) is 0 Å². The van der Waals surface area contributed by atoms with Crippen LogP contribution >= 0.6 is 0 Å². The van der Waals surface area contributed by atoms with Crippen molar-refractivity contribution in [3.05, 3.63) is 29.8 Å². The molecule has 0 bridgehead atoms. The molecule has 0 saturated carbocycles. The Bertz CT molecular complexity index is 148. The Morgan fingerprint density at radius 2 is 1.56 bits per heavy atom. The third kappa shape index (κ3) is 2.85. The van der Waals surface area contributed by atoms with Gasteiger partial charge in [-0.15, -0.1) is 0 Å². The van der Waals surface area contributed by atoms with E-state index >= 15 is 0 Å². The van der Waals surface area contributed by atoms with Crippen LogP contribution in [0.5, 0.6) is 0 Å². The van der Waals surface area contributed by atoms with Crippen molar-refractivity contribution >= 4 is 5.69 Å². The van der Waals surface area contributed by atoms with Crippen molar-refractivity contribution in [2.24, 2.45) is 0 Å². The summed E-state index contributed by atoms with van der Waals surface area (Å²) in [5.74, 6) is 0. The summed E-state index contributed by atoms with van der Waals surface area (Å²) in [6, 6.07) is 7.79. The van der Waals surface area contributed by atoms with E-state index in [-0.39, 0.29) is 27.7 Å². The Morgan fingerprint density at radius 1 is 1.11 bits per heavy atom. The van der Waals surface area contributed by atoms with Crippen LogP contribution in [-0.4, -0.2) is 0 Å². The normalized spacial score (nSPS) is 8.11. The molecule has 44 valence electrons. The maximum atomic E-state index is 5.43. The van der Waals surface area contributed by atoms with Crippen LogP contribution in [0.4, 0.5) is 5.69 Å². The van der Waals surface area contributed by atoms with Gasteiger partial charge in [-0.25, -0.2) is 0 Å². The fourth-order valence-corrected chi connectivity index (χ4v) is 0.566. The smallest absolute Gasteiger partial charge is 0.0314 e. The number of aryl methyl sites for hydroxylation is 1. The number of rotatable bonds is 0. The van der Waals surface area contributed by atoms with Gasteiger partial charge < -0.3 is 5.73 Å². The number of nitrogen functional groups attached to an aromatic ring is 1. The zero-order valence-corrected chi connectivity index (χ0v) is 11.1. The minimum absolute atomic E-state index is 0. The first kappa shape index (κ1) is 8.96. The van der Waals surface area contributed by atoms with Gasteiger partial charge in [-0.3, -0.25) is 0 Å². The van der Waals surface area contributed by atoms with E-state index < -0.39 is 0 Å². The van der Waals surface area contributed by atoms with Crippen LogP contribution in [0.15, 0.2) is 24.3 Å². The van der Waals surface area contributed by atoms with E-state index in [1.54, 1.807) is 0 Å². The monoisotopic (exact) mass is 309 g/mol. The second-order valence-corrected chi connectivity index (χ2v) is 1.91. The maximum absolute atomic E-state index is 5.43. The van der Waals surface area contributed by atoms with Crippen molar-refractivity contribution in [2.45, 2.75) is 6.92 Å². The van der Waals surface area contributed by atoms with Crippen molar-refractivity contribution in [3.63, 3.8) is 0 Å². The molecular formula is C7H9HgN. The molecule has 1 aromatic rings. The van der Waals surface area contributed by atoms with Crippen molar-refractivity contribution in [3.8, 4) is 0 Å². The summed E-state index contributed by atoms with van der Waals surface area (Å²) >= 11 is 0. The molecular weight excluding hydrogens is 299 g/mol. The molecule has 0 unspecified atom stereocenters. The first-order valence-corrected chi connectivity index (χ1v) is 2.61. The molecule has 1 aromatic carbocycles. The molecule has 0 amide bonds. The van der Waals surface area contributed by atoms with Crippen LogP contribution in [-0.2, 0) is 27.7 Å². The second kappa shape index (κ2) is 3.88. The average Bonchev–Trinajstić information content (AvgIpc) is 1.77. The quantitative estimate of drug-likeness (QED) is 0.571. The number of hydrogen-bond acceptors (Lipinski definition) is 1. The third-order valence-corrected chi connectivity index (χ3v) is 1.08. The molecule has 2 N–H and O–H groups in total. The molecule has 0 aliphatic rings. The number of anilines is 1. The standard InChI is InChI=1S/C7H9N.Hg/c1-6-2-4-7(8)5-3-6;/h2-5H,8H2,1H3;. The predicted octanol–water partition coefficient (Wildman–Crippen LogP) is 1.57. The molecule has 0 radical (unpaired) electrons. The summed E-state index contributed by atoms with van der Waals surface area (Å²) in [5, 5.41) is 0. The van der Waals surface area contributed by atoms with Gasteiger partial charge in [-0.2, -0.15) is 0 Å². The van der Waals surface area contributed by atoms with Crippen LogP contribution in [0.2, 0.25) is 0 Å². The molecule has 0 aliphatic heterocycles. The van der Waals surface area contributed by atoms with Gasteiger partial charge in [0.25, 0.3) is 0 Å². The minimum atomic E-state index is 0. The van der Waals surface area contributed by atoms with E-state index in [0.29, 0.717) is 0 Å². The van der Waals surface area contributed by atoms with Crippen LogP contribution < -0.4 is 5.73 Å². The first-order chi connectivity index (χ1) is 3.79. The Balaban J connectivity index is 0.000000640. The van der Waals surface area contributed by atoms with Gasteiger partial charge in [0.2, 0.25) is 0 Å². The van der Waals surface area contributed by atoms with E-state index in [4.69, 9.17) is 5.73 Å². The molecule has 0 fully saturated rings. The van der Waals surface area contributed by atoms with E-state index in [1.807, 2.05) is 31.2 Å². The largest absolute Gasteiger partial charge is 0.399 e. The molecule has 0 aliphatic carbocycles. The van der Waals surface area contributed by atoms with Gasteiger partial charge in [-0.05, 0) is 19.1 Å². The van der Waals surface area contributed by atoms with E-state index in [0.717, 1.165) is 5.69 Å². The molecule has 2 heteroatoms. The molecule has 9 heavy (non-hydrogen) atoms. The molecule has 1 rings (SSSR count). The van der Waals surface area contributed by atoms with Crippen molar-refractivity contribution in [1.82, 2.24) is 0 Å². The van der Waals surface area contributed by atoms with Gasteiger partial charge in [0.15, 0.2) is 0 Å². The van der Waals surface area contributed by atoms with Gasteiger partial charge in [0.05, 0.1) is 0 Å². The van der Waals surface area contributed by atoms with Gasteiger partial charge >= 0.3 is 0 Å². The minimum Gasteiger partial charge on any atom is -0.399 e. The van der Waals surface area contributed by atoms with Crippen LogP contribution in [0, 0.1) is 6.92 Å². The Kier molecular flexibility index (Phi) is 3.86. The summed E-state index contributed by atoms with van der Waals surface area (Å²) in [6.07, 6.45) is 0. The van der Waals surface area contributed by atoms with E-state index in [1.165, 1.54) is 5.56 Å². The van der Waals surface area contributed by atoms with Gasteiger partial charge in [0.1, 0.15) is 0 Å². The summed E-state index contributed by atoms with van der Waals surface area (Å²) in [5.41, 5.74) is 7.51. The summed E-state index contributed by atoms with van der Waals surface area (Å²) in [7, 11) is 0. The molecule has 0 aromatic heterocycles. The van der Waals surface area contributed by atoms with Gasteiger partial charge in [0, 0.05) is 33.4 Å². The summed E-state index contributed by atoms with van der Waals surface area (Å²) in [6.45, 7) is 2.04. The number of benzene rings is 1. The zero-order valence-electron chi connectivity index (χ0n) is 5.59. The molecule has 0 spiro atoms. The SMILES string of the molecule is Cc1ccc(N)cc1.[Hg]. The fourth-order valence-electron chi connectivity index (χ4n) is 0.566. The summed E-state index contributed by atoms with van der Waals surface area (Å²) in [4.78, 5) is 0. The second-order valence-electron chi connectivity index (χ2n) is 1.91. The Labute approximate surface area is 75.8 Å². The predicted molar refractivity (Wildman–Crippen MR) is 35.6 cm³/mol. The molecule has 0 saturated heterocycles. The summed E-state index contributed by atoms with van der Waals surface area (Å²) < 4.78 is 0. The fraction of sp³-hybridized carbons (Fsp3) is 0.143. The van der Waals surface area contributed by atoms with E-state index in [2.05, 4.69) is 0 Å². The Hall–Kier alpha value is -0.0449. The first-order valence-electron chi connectivity index (χ1n) is 2.61. The molecule has 0 heterocycles. The van der Waals surface area contributed by atoms with Crippen LogP contribution in [0.3, 0.4) is 0 Å². The van der Waals surface area contributed by atoms with Gasteiger partial charge in [-0.1, -0.05) is 17.7 Å². The number of hydrogen-bond donors (Lipinski definition) is 1. The maximum Gasteiger partial charge on any atom is 0.0314 e. The Morgan fingerprint density at radius 3 is 1.89 bits per heavy atom. The topological polar surface area (TPSA) is 26.0 Å². The average molecular weight is 308 g/mol. The third-order valence-electron chi connectivity index (χ3n) is 1.08.